The Balaban J connectivity index is 1.66. The number of carbonyl (C=O) groups excluding carboxylic acids is 1. The van der Waals surface area contributed by atoms with Gasteiger partial charge >= 0.3 is 6.18 Å². The van der Waals surface area contributed by atoms with Crippen LogP contribution in [-0.4, -0.2) is 26.4 Å². The molecule has 3 rings (SSSR count). The maximum absolute atomic E-state index is 12.9. The van der Waals surface area contributed by atoms with E-state index >= 15 is 0 Å². The van der Waals surface area contributed by atoms with E-state index < -0.39 is 17.6 Å². The van der Waals surface area contributed by atoms with Crippen molar-refractivity contribution in [3.8, 4) is 5.75 Å². The van der Waals surface area contributed by atoms with E-state index in [0.717, 1.165) is 41.3 Å². The van der Waals surface area contributed by atoms with Crippen molar-refractivity contribution in [2.24, 2.45) is 0 Å². The average Bonchev–Trinajstić information content (AvgIpc) is 3.14. The Labute approximate surface area is 197 Å². The molecule has 0 fully saturated rings. The van der Waals surface area contributed by atoms with Crippen LogP contribution in [0.5, 0.6) is 5.75 Å². The molecule has 0 saturated carbocycles. The van der Waals surface area contributed by atoms with E-state index in [2.05, 4.69) is 22.1 Å². The maximum atomic E-state index is 12.9. The fraction of sp³-hybridized carbons (Fsp3) is 0.227. The van der Waals surface area contributed by atoms with Crippen molar-refractivity contribution in [2.75, 3.05) is 11.1 Å². The molecule has 33 heavy (non-hydrogen) atoms. The number of rotatable bonds is 9. The van der Waals surface area contributed by atoms with Crippen LogP contribution >= 0.6 is 23.4 Å². The number of thioether (sulfide) groups is 1. The van der Waals surface area contributed by atoms with Crippen LogP contribution in [0.2, 0.25) is 5.02 Å². The van der Waals surface area contributed by atoms with Crippen LogP contribution in [-0.2, 0) is 24.1 Å². The average molecular weight is 497 g/mol. The summed E-state index contributed by atoms with van der Waals surface area (Å²) in [6.07, 6.45) is -2.89. The van der Waals surface area contributed by atoms with Crippen molar-refractivity contribution >= 4 is 35.0 Å². The van der Waals surface area contributed by atoms with Gasteiger partial charge in [-0.3, -0.25) is 9.36 Å². The van der Waals surface area contributed by atoms with Gasteiger partial charge in [-0.1, -0.05) is 47.6 Å². The molecule has 1 heterocycles. The number of amides is 1. The van der Waals surface area contributed by atoms with Crippen LogP contribution in [0.3, 0.4) is 0 Å². The molecule has 11 heteroatoms. The van der Waals surface area contributed by atoms with E-state index in [9.17, 15) is 18.0 Å². The first-order valence-electron chi connectivity index (χ1n) is 9.70. The molecule has 0 aliphatic carbocycles. The van der Waals surface area contributed by atoms with Crippen molar-refractivity contribution in [1.82, 2.24) is 14.8 Å². The lowest BCUT2D eigenvalue weighted by atomic mass is 10.2. The zero-order chi connectivity index (χ0) is 24.0. The Morgan fingerprint density at radius 2 is 2.03 bits per heavy atom. The number of halogens is 4. The summed E-state index contributed by atoms with van der Waals surface area (Å²) in [5, 5.41) is 11.1. The van der Waals surface area contributed by atoms with Gasteiger partial charge in [-0.05, 0) is 36.8 Å². The van der Waals surface area contributed by atoms with E-state index in [4.69, 9.17) is 16.3 Å². The Hall–Kier alpha value is -2.98. The first kappa shape index (κ1) is 24.7. The number of nitrogens with zero attached hydrogens (tertiary/aromatic N) is 3. The second-order valence-corrected chi connectivity index (χ2v) is 8.23. The molecule has 3 aromatic rings. The van der Waals surface area contributed by atoms with Gasteiger partial charge in [0.1, 0.15) is 12.4 Å². The number of ether oxygens (including phenoxy) is 1. The maximum Gasteiger partial charge on any atom is 0.416 e. The lowest BCUT2D eigenvalue weighted by Crippen LogP contribution is -2.16. The van der Waals surface area contributed by atoms with Crippen molar-refractivity contribution in [2.45, 2.75) is 31.4 Å². The van der Waals surface area contributed by atoms with Gasteiger partial charge in [0.2, 0.25) is 5.91 Å². The highest BCUT2D eigenvalue weighted by atomic mass is 35.5. The lowest BCUT2D eigenvalue weighted by Gasteiger charge is -2.12. The lowest BCUT2D eigenvalue weighted by molar-refractivity contribution is -0.137. The molecule has 0 atom stereocenters. The summed E-state index contributed by atoms with van der Waals surface area (Å²) >= 11 is 7.02. The minimum atomic E-state index is -4.54. The standard InChI is InChI=1S/C22H20ClF3N4O2S/c1-3-10-30-19(12-32-18-7-5-4-6-14(18)2)28-29-21(30)33-13-20(31)27-17-11-15(22(24,25)26)8-9-16(17)23/h3-9,11H,1,10,12-13H2,2H3,(H,27,31). The Kier molecular flexibility index (Phi) is 8.04. The van der Waals surface area contributed by atoms with Crippen LogP contribution in [0.15, 0.2) is 60.3 Å². The number of hydrogen-bond donors (Lipinski definition) is 1. The number of para-hydroxylation sites is 1. The molecular weight excluding hydrogens is 477 g/mol. The van der Waals surface area contributed by atoms with Crippen molar-refractivity contribution in [3.63, 3.8) is 0 Å². The van der Waals surface area contributed by atoms with Gasteiger partial charge in [-0.15, -0.1) is 16.8 Å². The monoisotopic (exact) mass is 496 g/mol. The third-order valence-corrected chi connectivity index (χ3v) is 5.75. The van der Waals surface area contributed by atoms with Crippen LogP contribution in [0.25, 0.3) is 0 Å². The molecule has 174 valence electrons. The summed E-state index contributed by atoms with van der Waals surface area (Å²) in [5.41, 5.74) is -0.0392. The summed E-state index contributed by atoms with van der Waals surface area (Å²) < 4.78 is 46.3. The first-order valence-corrected chi connectivity index (χ1v) is 11.1. The molecule has 0 radical (unpaired) electrons. The molecular formula is C22H20ClF3N4O2S. The SMILES string of the molecule is C=CCn1c(COc2ccccc2C)nnc1SCC(=O)Nc1cc(C(F)(F)F)ccc1Cl. The molecule has 0 saturated heterocycles. The van der Waals surface area contributed by atoms with E-state index in [1.54, 1.807) is 10.6 Å². The molecule has 6 nitrogen and oxygen atoms in total. The molecule has 0 spiro atoms. The summed E-state index contributed by atoms with van der Waals surface area (Å²) in [6.45, 7) is 6.21. The normalized spacial score (nSPS) is 11.3. The van der Waals surface area contributed by atoms with Gasteiger partial charge in [-0.2, -0.15) is 13.2 Å². The molecule has 0 unspecified atom stereocenters. The van der Waals surface area contributed by atoms with Gasteiger partial charge in [0.15, 0.2) is 11.0 Å². The van der Waals surface area contributed by atoms with Crippen molar-refractivity contribution in [1.29, 1.82) is 0 Å². The molecule has 0 aliphatic rings. The highest BCUT2D eigenvalue weighted by Crippen LogP contribution is 2.34. The fourth-order valence-electron chi connectivity index (χ4n) is 2.82. The number of aromatic nitrogens is 3. The molecule has 1 N–H and O–H groups in total. The van der Waals surface area contributed by atoms with Crippen molar-refractivity contribution < 1.29 is 22.7 Å². The number of alkyl halides is 3. The highest BCUT2D eigenvalue weighted by molar-refractivity contribution is 7.99. The highest BCUT2D eigenvalue weighted by Gasteiger charge is 2.31. The Bertz CT molecular complexity index is 1150. The van der Waals surface area contributed by atoms with Gasteiger partial charge in [0, 0.05) is 6.54 Å². The number of anilines is 1. The topological polar surface area (TPSA) is 69.0 Å². The predicted molar refractivity (Wildman–Crippen MR) is 122 cm³/mol. The molecule has 1 amide bonds. The largest absolute Gasteiger partial charge is 0.485 e. The van der Waals surface area contributed by atoms with Gasteiger partial charge in [-0.25, -0.2) is 0 Å². The third kappa shape index (κ3) is 6.52. The minimum Gasteiger partial charge on any atom is -0.485 e. The van der Waals surface area contributed by atoms with E-state index in [-0.39, 0.29) is 23.1 Å². The summed E-state index contributed by atoms with van der Waals surface area (Å²) in [5.74, 6) is 0.617. The van der Waals surface area contributed by atoms with Gasteiger partial charge in [0.05, 0.1) is 22.0 Å². The number of hydrogen-bond acceptors (Lipinski definition) is 5. The van der Waals surface area contributed by atoms with Crippen LogP contribution in [0.1, 0.15) is 17.0 Å². The molecule has 0 bridgehead atoms. The second kappa shape index (κ2) is 10.8. The van der Waals surface area contributed by atoms with E-state index in [1.165, 1.54) is 0 Å². The van der Waals surface area contributed by atoms with Crippen molar-refractivity contribution in [3.05, 3.63) is 77.1 Å². The Morgan fingerprint density at radius 3 is 2.73 bits per heavy atom. The van der Waals surface area contributed by atoms with Gasteiger partial charge < -0.3 is 10.1 Å². The third-order valence-electron chi connectivity index (χ3n) is 4.46. The van der Waals surface area contributed by atoms with Crippen LogP contribution in [0.4, 0.5) is 18.9 Å². The predicted octanol–water partition coefficient (Wildman–Crippen LogP) is 5.75. The molecule has 2 aromatic carbocycles. The van der Waals surface area contributed by atoms with Crippen LogP contribution < -0.4 is 10.1 Å². The first-order chi connectivity index (χ1) is 15.7. The summed E-state index contributed by atoms with van der Waals surface area (Å²) in [4.78, 5) is 12.3. The second-order valence-electron chi connectivity index (χ2n) is 6.88. The van der Waals surface area contributed by atoms with Crippen LogP contribution in [0, 0.1) is 6.92 Å². The van der Waals surface area contributed by atoms with Gasteiger partial charge in [0.25, 0.3) is 0 Å². The summed E-state index contributed by atoms with van der Waals surface area (Å²) in [7, 11) is 0. The minimum absolute atomic E-state index is 0.00631. The number of nitrogens with one attached hydrogen (secondary N) is 1. The summed E-state index contributed by atoms with van der Waals surface area (Å²) in [6, 6.07) is 10.3. The van der Waals surface area contributed by atoms with E-state index in [1.807, 2.05) is 31.2 Å². The molecule has 1 aromatic heterocycles. The fourth-order valence-corrected chi connectivity index (χ4v) is 3.75. The van der Waals surface area contributed by atoms with E-state index in [0.29, 0.717) is 17.5 Å². The number of allylic oxidation sites excluding steroid dienone is 1. The quantitative estimate of drug-likeness (QED) is 0.301. The zero-order valence-corrected chi connectivity index (χ0v) is 19.1. The number of aryl methyl sites for hydroxylation is 1. The number of carbonyl (C=O) groups is 1. The smallest absolute Gasteiger partial charge is 0.416 e. The molecule has 0 aliphatic heterocycles. The Morgan fingerprint density at radius 1 is 1.27 bits per heavy atom. The number of benzene rings is 2. The zero-order valence-electron chi connectivity index (χ0n) is 17.5.